The molecule has 0 aliphatic carbocycles. The summed E-state index contributed by atoms with van der Waals surface area (Å²) in [6.45, 7) is 8.06. The first-order valence-corrected chi connectivity index (χ1v) is 7.47. The summed E-state index contributed by atoms with van der Waals surface area (Å²) in [5, 5.41) is 0. The molecule has 106 valence electrons. The first kappa shape index (κ1) is 14.4. The van der Waals surface area contributed by atoms with Gasteiger partial charge in [0.05, 0.1) is 6.61 Å². The Kier molecular flexibility index (Phi) is 5.23. The van der Waals surface area contributed by atoms with Crippen molar-refractivity contribution >= 4 is 0 Å². The van der Waals surface area contributed by atoms with E-state index in [2.05, 4.69) is 30.0 Å². The summed E-state index contributed by atoms with van der Waals surface area (Å²) in [5.74, 6) is 1.54. The maximum atomic E-state index is 5.96. The van der Waals surface area contributed by atoms with Crippen LogP contribution in [0.25, 0.3) is 0 Å². The number of hydrogen-bond acceptors (Lipinski definition) is 3. The van der Waals surface area contributed by atoms with Crippen molar-refractivity contribution in [3.8, 4) is 5.75 Å². The van der Waals surface area contributed by atoms with Gasteiger partial charge in [0.2, 0.25) is 0 Å². The van der Waals surface area contributed by atoms with E-state index in [1.165, 1.54) is 24.9 Å². The third kappa shape index (κ3) is 3.28. The van der Waals surface area contributed by atoms with Crippen LogP contribution in [0, 0.1) is 5.92 Å². The van der Waals surface area contributed by atoms with Crippen molar-refractivity contribution in [2.45, 2.75) is 32.7 Å². The Hall–Kier alpha value is -1.06. The van der Waals surface area contributed by atoms with E-state index in [4.69, 9.17) is 10.5 Å². The largest absolute Gasteiger partial charge is 0.494 e. The predicted octanol–water partition coefficient (Wildman–Crippen LogP) is 2.82. The van der Waals surface area contributed by atoms with E-state index in [1.54, 1.807) is 0 Å². The Balaban J connectivity index is 2.22. The third-order valence-corrected chi connectivity index (χ3v) is 3.95. The highest BCUT2D eigenvalue weighted by Gasteiger charge is 2.33. The number of ether oxygens (including phenoxy) is 1. The molecule has 0 radical (unpaired) electrons. The van der Waals surface area contributed by atoms with Crippen molar-refractivity contribution in [3.05, 3.63) is 29.8 Å². The highest BCUT2D eigenvalue weighted by atomic mass is 16.5. The van der Waals surface area contributed by atoms with Gasteiger partial charge in [0.25, 0.3) is 0 Å². The molecule has 1 aromatic carbocycles. The van der Waals surface area contributed by atoms with E-state index in [9.17, 15) is 0 Å². The van der Waals surface area contributed by atoms with Crippen LogP contribution in [0.1, 0.15) is 38.3 Å². The topological polar surface area (TPSA) is 38.5 Å². The number of nitrogens with two attached hydrogens (primary N) is 1. The number of likely N-dealkylation sites (tertiary alicyclic amines) is 1. The lowest BCUT2D eigenvalue weighted by Gasteiger charge is -2.28. The zero-order chi connectivity index (χ0) is 13.7. The molecule has 0 aromatic heterocycles. The Bertz CT molecular complexity index is 394. The van der Waals surface area contributed by atoms with Crippen molar-refractivity contribution in [2.75, 3.05) is 26.2 Å². The molecule has 0 bridgehead atoms. The van der Waals surface area contributed by atoms with Gasteiger partial charge in [-0.15, -0.1) is 0 Å². The molecule has 2 rings (SSSR count). The summed E-state index contributed by atoms with van der Waals surface area (Å²) in [7, 11) is 0. The average molecular weight is 262 g/mol. The summed E-state index contributed by atoms with van der Waals surface area (Å²) in [6.07, 6.45) is 2.40. The second-order valence-electron chi connectivity index (χ2n) is 5.27. The van der Waals surface area contributed by atoms with Gasteiger partial charge in [0.15, 0.2) is 0 Å². The van der Waals surface area contributed by atoms with E-state index in [0.29, 0.717) is 18.6 Å². The standard InChI is InChI=1S/C16H26N2O/c1-3-9-18-10-8-14(12-17)16(18)13-6-5-7-15(11-13)19-4-2/h5-7,11,14,16H,3-4,8-10,12,17H2,1-2H3. The molecule has 2 unspecified atom stereocenters. The lowest BCUT2D eigenvalue weighted by molar-refractivity contribution is 0.230. The number of nitrogens with zero attached hydrogens (tertiary/aromatic N) is 1. The van der Waals surface area contributed by atoms with Gasteiger partial charge < -0.3 is 10.5 Å². The molecule has 2 atom stereocenters. The molecule has 1 fully saturated rings. The molecule has 1 aliphatic rings. The van der Waals surface area contributed by atoms with Crippen molar-refractivity contribution in [2.24, 2.45) is 11.7 Å². The van der Waals surface area contributed by atoms with Gasteiger partial charge in [-0.3, -0.25) is 4.90 Å². The van der Waals surface area contributed by atoms with Crippen molar-refractivity contribution < 1.29 is 4.74 Å². The minimum Gasteiger partial charge on any atom is -0.494 e. The predicted molar refractivity (Wildman–Crippen MR) is 79.4 cm³/mol. The van der Waals surface area contributed by atoms with Gasteiger partial charge in [-0.2, -0.15) is 0 Å². The van der Waals surface area contributed by atoms with E-state index in [1.807, 2.05) is 13.0 Å². The molecule has 3 nitrogen and oxygen atoms in total. The smallest absolute Gasteiger partial charge is 0.119 e. The van der Waals surface area contributed by atoms with Crippen molar-refractivity contribution in [1.82, 2.24) is 4.90 Å². The van der Waals surface area contributed by atoms with Crippen LogP contribution in [0.4, 0.5) is 0 Å². The molecule has 1 heterocycles. The van der Waals surface area contributed by atoms with Crippen LogP contribution in [0.2, 0.25) is 0 Å². The fourth-order valence-corrected chi connectivity index (χ4v) is 3.15. The average Bonchev–Trinajstić information content (AvgIpc) is 2.83. The molecule has 19 heavy (non-hydrogen) atoms. The van der Waals surface area contributed by atoms with Gasteiger partial charge in [-0.05, 0) is 63.0 Å². The SMILES string of the molecule is CCCN1CCC(CN)C1c1cccc(OCC)c1. The fourth-order valence-electron chi connectivity index (χ4n) is 3.15. The fraction of sp³-hybridized carbons (Fsp3) is 0.625. The quantitative estimate of drug-likeness (QED) is 0.856. The molecule has 3 heteroatoms. The molecule has 1 aromatic rings. The molecular formula is C16H26N2O. The highest BCUT2D eigenvalue weighted by molar-refractivity contribution is 5.31. The van der Waals surface area contributed by atoms with E-state index in [-0.39, 0.29) is 0 Å². The van der Waals surface area contributed by atoms with Crippen LogP contribution in [0.15, 0.2) is 24.3 Å². The Labute approximate surface area is 116 Å². The molecule has 1 aliphatic heterocycles. The molecule has 1 saturated heterocycles. The zero-order valence-electron chi connectivity index (χ0n) is 12.1. The van der Waals surface area contributed by atoms with Crippen LogP contribution in [0.3, 0.4) is 0 Å². The molecular weight excluding hydrogens is 236 g/mol. The Morgan fingerprint density at radius 3 is 2.89 bits per heavy atom. The maximum absolute atomic E-state index is 5.96. The van der Waals surface area contributed by atoms with Crippen LogP contribution in [-0.2, 0) is 0 Å². The van der Waals surface area contributed by atoms with Gasteiger partial charge in [-0.1, -0.05) is 19.1 Å². The van der Waals surface area contributed by atoms with E-state index in [0.717, 1.165) is 18.8 Å². The molecule has 0 amide bonds. The Morgan fingerprint density at radius 1 is 1.37 bits per heavy atom. The lowest BCUT2D eigenvalue weighted by atomic mass is 9.93. The van der Waals surface area contributed by atoms with Gasteiger partial charge in [-0.25, -0.2) is 0 Å². The van der Waals surface area contributed by atoms with E-state index >= 15 is 0 Å². The minimum absolute atomic E-state index is 0.463. The molecule has 0 spiro atoms. The number of rotatable bonds is 6. The van der Waals surface area contributed by atoms with E-state index < -0.39 is 0 Å². The summed E-state index contributed by atoms with van der Waals surface area (Å²) in [6, 6.07) is 8.99. The first-order chi connectivity index (χ1) is 9.30. The molecule has 2 N–H and O–H groups in total. The summed E-state index contributed by atoms with van der Waals surface area (Å²) in [5.41, 5.74) is 7.31. The van der Waals surface area contributed by atoms with Gasteiger partial charge in [0, 0.05) is 6.04 Å². The monoisotopic (exact) mass is 262 g/mol. The lowest BCUT2D eigenvalue weighted by Crippen LogP contribution is -2.28. The van der Waals surface area contributed by atoms with Gasteiger partial charge >= 0.3 is 0 Å². The Morgan fingerprint density at radius 2 is 2.21 bits per heavy atom. The number of benzene rings is 1. The molecule has 0 saturated carbocycles. The van der Waals surface area contributed by atoms with Crippen molar-refractivity contribution in [1.29, 1.82) is 0 Å². The number of hydrogen-bond donors (Lipinski definition) is 1. The maximum Gasteiger partial charge on any atom is 0.119 e. The van der Waals surface area contributed by atoms with Crippen LogP contribution >= 0.6 is 0 Å². The second-order valence-corrected chi connectivity index (χ2v) is 5.27. The second kappa shape index (κ2) is 6.92. The summed E-state index contributed by atoms with van der Waals surface area (Å²) >= 11 is 0. The van der Waals surface area contributed by atoms with Gasteiger partial charge in [0.1, 0.15) is 5.75 Å². The van der Waals surface area contributed by atoms with Crippen LogP contribution < -0.4 is 10.5 Å². The summed E-state index contributed by atoms with van der Waals surface area (Å²) in [4.78, 5) is 2.57. The van der Waals surface area contributed by atoms with Crippen molar-refractivity contribution in [3.63, 3.8) is 0 Å². The van der Waals surface area contributed by atoms with Crippen LogP contribution in [-0.4, -0.2) is 31.1 Å². The third-order valence-electron chi connectivity index (χ3n) is 3.95. The normalized spacial score (nSPS) is 23.7. The highest BCUT2D eigenvalue weighted by Crippen LogP contribution is 2.37. The zero-order valence-corrected chi connectivity index (χ0v) is 12.1. The minimum atomic E-state index is 0.463. The van der Waals surface area contributed by atoms with Crippen LogP contribution in [0.5, 0.6) is 5.75 Å². The first-order valence-electron chi connectivity index (χ1n) is 7.47. The summed E-state index contributed by atoms with van der Waals surface area (Å²) < 4.78 is 5.62.